The number of aromatic carboxylic acids is 1. The molecule has 0 saturated carbocycles. The number of halogens is 3. The Kier molecular flexibility index (Phi) is 4.94. The molecule has 1 aromatic heterocycles. The van der Waals surface area contributed by atoms with Crippen molar-refractivity contribution in [3.05, 3.63) is 23.9 Å². The number of rotatable bonds is 6. The monoisotopic (exact) mass is 262 g/mol. The number of unbranched alkanes of at least 4 members (excludes halogenated alkanes) is 1. The quantitative estimate of drug-likeness (QED) is 0.774. The molecule has 0 bridgehead atoms. The third kappa shape index (κ3) is 5.51. The van der Waals surface area contributed by atoms with Crippen LogP contribution < -0.4 is 5.32 Å². The maximum atomic E-state index is 11.8. The summed E-state index contributed by atoms with van der Waals surface area (Å²) in [6, 6.07) is 2.86. The molecule has 100 valence electrons. The number of carbonyl (C=O) groups is 1. The van der Waals surface area contributed by atoms with Crippen LogP contribution in [0.3, 0.4) is 0 Å². The highest BCUT2D eigenvalue weighted by atomic mass is 19.4. The first-order valence-electron chi connectivity index (χ1n) is 5.38. The Hall–Kier alpha value is -1.79. The van der Waals surface area contributed by atoms with Crippen LogP contribution in [-0.2, 0) is 0 Å². The predicted octanol–water partition coefficient (Wildman–Crippen LogP) is 2.92. The van der Waals surface area contributed by atoms with Gasteiger partial charge in [-0.3, -0.25) is 0 Å². The highest BCUT2D eigenvalue weighted by Gasteiger charge is 2.25. The van der Waals surface area contributed by atoms with Gasteiger partial charge in [0.1, 0.15) is 5.82 Å². The minimum absolute atomic E-state index is 0.0592. The van der Waals surface area contributed by atoms with Gasteiger partial charge >= 0.3 is 12.1 Å². The van der Waals surface area contributed by atoms with Crippen molar-refractivity contribution in [1.29, 1.82) is 0 Å². The molecule has 1 heterocycles. The van der Waals surface area contributed by atoms with Crippen molar-refractivity contribution >= 4 is 11.8 Å². The summed E-state index contributed by atoms with van der Waals surface area (Å²) in [5.74, 6) is -0.619. The van der Waals surface area contributed by atoms with Crippen LogP contribution in [0.5, 0.6) is 0 Å². The topological polar surface area (TPSA) is 62.2 Å². The number of nitrogens with one attached hydrogen (secondary N) is 1. The Morgan fingerprint density at radius 1 is 1.33 bits per heavy atom. The Bertz CT molecular complexity index is 390. The van der Waals surface area contributed by atoms with E-state index >= 15 is 0 Å². The van der Waals surface area contributed by atoms with E-state index in [1.54, 1.807) is 0 Å². The van der Waals surface area contributed by atoms with E-state index in [1.165, 1.54) is 18.3 Å². The van der Waals surface area contributed by atoms with Gasteiger partial charge in [-0.15, -0.1) is 0 Å². The van der Waals surface area contributed by atoms with Gasteiger partial charge in [-0.25, -0.2) is 9.78 Å². The van der Waals surface area contributed by atoms with E-state index in [9.17, 15) is 18.0 Å². The van der Waals surface area contributed by atoms with Gasteiger partial charge in [0, 0.05) is 19.2 Å². The lowest BCUT2D eigenvalue weighted by molar-refractivity contribution is -0.135. The van der Waals surface area contributed by atoms with Gasteiger partial charge in [-0.05, 0) is 25.0 Å². The summed E-state index contributed by atoms with van der Waals surface area (Å²) >= 11 is 0. The van der Waals surface area contributed by atoms with E-state index < -0.39 is 18.6 Å². The number of aromatic nitrogens is 1. The van der Waals surface area contributed by atoms with Crippen molar-refractivity contribution in [1.82, 2.24) is 4.98 Å². The Labute approximate surface area is 102 Å². The number of nitrogens with zero attached hydrogens (tertiary/aromatic N) is 1. The number of hydrogen-bond donors (Lipinski definition) is 2. The number of alkyl halides is 3. The molecule has 0 aliphatic rings. The molecule has 0 radical (unpaired) electrons. The number of anilines is 1. The van der Waals surface area contributed by atoms with Crippen LogP contribution in [-0.4, -0.2) is 28.8 Å². The number of hydrogen-bond acceptors (Lipinski definition) is 3. The van der Waals surface area contributed by atoms with Crippen LogP contribution in [0.15, 0.2) is 18.3 Å². The fraction of sp³-hybridized carbons (Fsp3) is 0.455. The zero-order valence-corrected chi connectivity index (χ0v) is 9.50. The van der Waals surface area contributed by atoms with Gasteiger partial charge in [0.05, 0.1) is 5.56 Å². The van der Waals surface area contributed by atoms with Crippen LogP contribution in [0.1, 0.15) is 29.6 Å². The van der Waals surface area contributed by atoms with E-state index in [-0.39, 0.29) is 12.0 Å². The van der Waals surface area contributed by atoms with Gasteiger partial charge in [0.15, 0.2) is 0 Å². The van der Waals surface area contributed by atoms with Gasteiger partial charge < -0.3 is 10.4 Å². The van der Waals surface area contributed by atoms with Gasteiger partial charge in [0.25, 0.3) is 0 Å². The predicted molar refractivity (Wildman–Crippen MR) is 59.6 cm³/mol. The third-order valence-electron chi connectivity index (χ3n) is 2.20. The summed E-state index contributed by atoms with van der Waals surface area (Å²) in [5, 5.41) is 11.5. The van der Waals surface area contributed by atoms with Crippen molar-refractivity contribution in [3.8, 4) is 0 Å². The minimum Gasteiger partial charge on any atom is -0.478 e. The lowest BCUT2D eigenvalue weighted by atomic mass is 10.2. The second kappa shape index (κ2) is 6.23. The van der Waals surface area contributed by atoms with Crippen molar-refractivity contribution in [2.75, 3.05) is 11.9 Å². The van der Waals surface area contributed by atoms with Crippen LogP contribution in [0, 0.1) is 0 Å². The number of pyridine rings is 1. The first-order valence-corrected chi connectivity index (χ1v) is 5.38. The molecule has 0 amide bonds. The first-order chi connectivity index (χ1) is 8.38. The summed E-state index contributed by atoms with van der Waals surface area (Å²) in [5.41, 5.74) is 0.0672. The van der Waals surface area contributed by atoms with E-state index in [0.29, 0.717) is 18.8 Å². The molecule has 0 aromatic carbocycles. The summed E-state index contributed by atoms with van der Waals surface area (Å²) in [6.07, 6.45) is -3.27. The minimum atomic E-state index is -4.11. The summed E-state index contributed by atoms with van der Waals surface area (Å²) < 4.78 is 35.5. The fourth-order valence-corrected chi connectivity index (χ4v) is 1.29. The van der Waals surface area contributed by atoms with Crippen molar-refractivity contribution in [3.63, 3.8) is 0 Å². The molecule has 0 fully saturated rings. The molecule has 0 saturated heterocycles. The zero-order valence-electron chi connectivity index (χ0n) is 9.50. The highest BCUT2D eigenvalue weighted by molar-refractivity contribution is 5.87. The van der Waals surface area contributed by atoms with E-state index in [2.05, 4.69) is 10.3 Å². The Morgan fingerprint density at radius 2 is 2.06 bits per heavy atom. The molecule has 18 heavy (non-hydrogen) atoms. The van der Waals surface area contributed by atoms with Crippen molar-refractivity contribution in [2.45, 2.75) is 25.4 Å². The summed E-state index contributed by atoms with van der Waals surface area (Å²) in [6.45, 7) is 0.371. The second-order valence-electron chi connectivity index (χ2n) is 3.74. The smallest absolute Gasteiger partial charge is 0.389 e. The summed E-state index contributed by atoms with van der Waals surface area (Å²) in [7, 11) is 0. The molecule has 0 unspecified atom stereocenters. The molecule has 4 nitrogen and oxygen atoms in total. The molecular weight excluding hydrogens is 249 g/mol. The van der Waals surface area contributed by atoms with Gasteiger partial charge in [-0.1, -0.05) is 0 Å². The van der Waals surface area contributed by atoms with Crippen LogP contribution in [0.4, 0.5) is 19.0 Å². The zero-order chi connectivity index (χ0) is 13.6. The first kappa shape index (κ1) is 14.3. The van der Waals surface area contributed by atoms with Crippen molar-refractivity contribution < 1.29 is 23.1 Å². The average molecular weight is 262 g/mol. The molecule has 7 heteroatoms. The number of carboxylic acid groups (broad SMARTS) is 1. The molecule has 0 spiro atoms. The van der Waals surface area contributed by atoms with Gasteiger partial charge in [0.2, 0.25) is 0 Å². The molecule has 0 aliphatic heterocycles. The van der Waals surface area contributed by atoms with E-state index in [1.807, 2.05) is 0 Å². The third-order valence-corrected chi connectivity index (χ3v) is 2.20. The maximum Gasteiger partial charge on any atom is 0.389 e. The average Bonchev–Trinajstić information content (AvgIpc) is 2.27. The number of carboxylic acids is 1. The van der Waals surface area contributed by atoms with Crippen molar-refractivity contribution in [2.24, 2.45) is 0 Å². The molecule has 1 rings (SSSR count). The van der Waals surface area contributed by atoms with Gasteiger partial charge in [-0.2, -0.15) is 13.2 Å². The molecule has 2 N–H and O–H groups in total. The standard InChI is InChI=1S/C11H13F3N2O2/c12-11(13,14)5-1-2-6-15-9-4-3-8(7-16-9)10(17)18/h3-4,7H,1-2,5-6H2,(H,15,16)(H,17,18). The van der Waals surface area contributed by atoms with E-state index in [4.69, 9.17) is 5.11 Å². The second-order valence-corrected chi connectivity index (χ2v) is 3.74. The Morgan fingerprint density at radius 3 is 2.56 bits per heavy atom. The molecule has 0 atom stereocenters. The lowest BCUT2D eigenvalue weighted by Crippen LogP contribution is -2.09. The molecular formula is C11H13F3N2O2. The Balaban J connectivity index is 2.25. The van der Waals surface area contributed by atoms with Crippen LogP contribution in [0.25, 0.3) is 0 Å². The molecule has 0 aliphatic carbocycles. The largest absolute Gasteiger partial charge is 0.478 e. The summed E-state index contributed by atoms with van der Waals surface area (Å²) in [4.78, 5) is 14.4. The molecule has 1 aromatic rings. The van der Waals surface area contributed by atoms with E-state index in [0.717, 1.165) is 0 Å². The fourth-order valence-electron chi connectivity index (χ4n) is 1.29. The lowest BCUT2D eigenvalue weighted by Gasteiger charge is -2.07. The maximum absolute atomic E-state index is 11.8. The van der Waals surface area contributed by atoms with Crippen LogP contribution in [0.2, 0.25) is 0 Å². The normalized spacial score (nSPS) is 11.3. The van der Waals surface area contributed by atoms with Crippen LogP contribution >= 0.6 is 0 Å². The SMILES string of the molecule is O=C(O)c1ccc(NCCCCC(F)(F)F)nc1. The highest BCUT2D eigenvalue weighted by Crippen LogP contribution is 2.22.